The Morgan fingerprint density at radius 2 is 1.67 bits per heavy atom. The average Bonchev–Trinajstić information content (AvgIpc) is 2.27. The van der Waals surface area contributed by atoms with Crippen LogP contribution in [0.25, 0.3) is 0 Å². The Balaban J connectivity index is 2.66. The second-order valence-corrected chi connectivity index (χ2v) is 5.46. The minimum absolute atomic E-state index is 0.0249. The standard InChI is InChI=1S/C15H22F2O/c1-10(2)7-11(3)8-14(18)12-5-4-6-13(9-12)15(16)17/h4-6,9-11,14-15,18H,7-8H2,1-3H3. The molecule has 0 amide bonds. The van der Waals surface area contributed by atoms with Crippen LogP contribution in [0.1, 0.15) is 57.3 Å². The van der Waals surface area contributed by atoms with Crippen LogP contribution in [0.5, 0.6) is 0 Å². The molecule has 2 unspecified atom stereocenters. The van der Waals surface area contributed by atoms with Crippen LogP contribution >= 0.6 is 0 Å². The van der Waals surface area contributed by atoms with E-state index in [-0.39, 0.29) is 5.56 Å². The van der Waals surface area contributed by atoms with Gasteiger partial charge in [-0.05, 0) is 36.3 Å². The summed E-state index contributed by atoms with van der Waals surface area (Å²) in [7, 11) is 0. The zero-order valence-electron chi connectivity index (χ0n) is 11.2. The predicted molar refractivity (Wildman–Crippen MR) is 69.6 cm³/mol. The molecule has 1 nitrogen and oxygen atoms in total. The SMILES string of the molecule is CC(C)CC(C)CC(O)c1cccc(C(F)F)c1. The first kappa shape index (κ1) is 15.1. The second-order valence-electron chi connectivity index (χ2n) is 5.46. The van der Waals surface area contributed by atoms with E-state index in [1.807, 2.05) is 0 Å². The fraction of sp³-hybridized carbons (Fsp3) is 0.600. The van der Waals surface area contributed by atoms with Crippen LogP contribution in [0.2, 0.25) is 0 Å². The molecular weight excluding hydrogens is 234 g/mol. The van der Waals surface area contributed by atoms with E-state index in [2.05, 4.69) is 20.8 Å². The number of aliphatic hydroxyl groups is 1. The Hall–Kier alpha value is -0.960. The van der Waals surface area contributed by atoms with E-state index in [4.69, 9.17) is 0 Å². The number of alkyl halides is 2. The largest absolute Gasteiger partial charge is 0.388 e. The molecule has 102 valence electrons. The third-order valence-electron chi connectivity index (χ3n) is 3.05. The van der Waals surface area contributed by atoms with Crippen LogP contribution in [-0.2, 0) is 0 Å². The summed E-state index contributed by atoms with van der Waals surface area (Å²) in [6, 6.07) is 6.07. The summed E-state index contributed by atoms with van der Waals surface area (Å²) in [5, 5.41) is 10.1. The number of aliphatic hydroxyl groups excluding tert-OH is 1. The van der Waals surface area contributed by atoms with Gasteiger partial charge in [-0.15, -0.1) is 0 Å². The Labute approximate surface area is 108 Å². The number of benzene rings is 1. The molecule has 0 saturated carbocycles. The second kappa shape index (κ2) is 6.83. The van der Waals surface area contributed by atoms with Gasteiger partial charge in [-0.25, -0.2) is 8.78 Å². The van der Waals surface area contributed by atoms with Crippen molar-refractivity contribution in [2.24, 2.45) is 11.8 Å². The van der Waals surface area contributed by atoms with Gasteiger partial charge in [0.05, 0.1) is 6.10 Å². The van der Waals surface area contributed by atoms with Crippen molar-refractivity contribution in [1.29, 1.82) is 0 Å². The van der Waals surface area contributed by atoms with Crippen LogP contribution < -0.4 is 0 Å². The molecule has 18 heavy (non-hydrogen) atoms. The summed E-state index contributed by atoms with van der Waals surface area (Å²) in [5.74, 6) is 0.967. The molecule has 1 N–H and O–H groups in total. The maximum absolute atomic E-state index is 12.6. The van der Waals surface area contributed by atoms with E-state index in [0.29, 0.717) is 23.8 Å². The lowest BCUT2D eigenvalue weighted by Crippen LogP contribution is -2.07. The van der Waals surface area contributed by atoms with Gasteiger partial charge in [-0.2, -0.15) is 0 Å². The van der Waals surface area contributed by atoms with Gasteiger partial charge < -0.3 is 5.11 Å². The van der Waals surface area contributed by atoms with Gasteiger partial charge >= 0.3 is 0 Å². The van der Waals surface area contributed by atoms with Gasteiger partial charge in [0.25, 0.3) is 6.43 Å². The van der Waals surface area contributed by atoms with E-state index in [0.717, 1.165) is 6.42 Å². The summed E-state index contributed by atoms with van der Waals surface area (Å²) >= 11 is 0. The minimum Gasteiger partial charge on any atom is -0.388 e. The highest BCUT2D eigenvalue weighted by atomic mass is 19.3. The highest BCUT2D eigenvalue weighted by molar-refractivity contribution is 5.25. The van der Waals surface area contributed by atoms with Gasteiger partial charge in [0, 0.05) is 5.56 Å². The number of rotatable bonds is 6. The van der Waals surface area contributed by atoms with Crippen LogP contribution in [0.3, 0.4) is 0 Å². The quantitative estimate of drug-likeness (QED) is 0.780. The number of halogens is 2. The molecule has 1 rings (SSSR count). The topological polar surface area (TPSA) is 20.2 Å². The maximum Gasteiger partial charge on any atom is 0.263 e. The van der Waals surface area contributed by atoms with Gasteiger partial charge in [-0.3, -0.25) is 0 Å². The zero-order chi connectivity index (χ0) is 13.7. The molecule has 0 saturated heterocycles. The normalized spacial score (nSPS) is 15.1. The van der Waals surface area contributed by atoms with Crippen LogP contribution in [0, 0.1) is 11.8 Å². The Kier molecular flexibility index (Phi) is 5.73. The lowest BCUT2D eigenvalue weighted by molar-refractivity contribution is 0.138. The summed E-state index contributed by atoms with van der Waals surface area (Å²) in [6.45, 7) is 6.36. The predicted octanol–water partition coefficient (Wildman–Crippen LogP) is 4.73. The van der Waals surface area contributed by atoms with Gasteiger partial charge in [0.15, 0.2) is 0 Å². The molecule has 3 heteroatoms. The molecule has 0 aliphatic rings. The summed E-state index contributed by atoms with van der Waals surface area (Å²) in [6.07, 6.45) is -1.49. The first-order valence-electron chi connectivity index (χ1n) is 6.46. The molecule has 0 aliphatic heterocycles. The Morgan fingerprint density at radius 1 is 1.06 bits per heavy atom. The highest BCUT2D eigenvalue weighted by Gasteiger charge is 2.15. The van der Waals surface area contributed by atoms with Crippen molar-refractivity contribution in [3.05, 3.63) is 35.4 Å². The first-order chi connectivity index (χ1) is 8.40. The molecule has 0 aliphatic carbocycles. The van der Waals surface area contributed by atoms with Crippen molar-refractivity contribution in [3.63, 3.8) is 0 Å². The molecule has 2 atom stereocenters. The summed E-state index contributed by atoms with van der Waals surface area (Å²) < 4.78 is 25.1. The molecule has 1 aromatic carbocycles. The third kappa shape index (κ3) is 4.73. The van der Waals surface area contributed by atoms with E-state index in [1.54, 1.807) is 12.1 Å². The molecular formula is C15H22F2O. The Bertz CT molecular complexity index is 363. The molecule has 0 bridgehead atoms. The van der Waals surface area contributed by atoms with E-state index >= 15 is 0 Å². The maximum atomic E-state index is 12.6. The minimum atomic E-state index is -2.48. The average molecular weight is 256 g/mol. The lowest BCUT2D eigenvalue weighted by atomic mass is 9.91. The Morgan fingerprint density at radius 3 is 2.22 bits per heavy atom. The van der Waals surface area contributed by atoms with E-state index in [1.165, 1.54) is 12.1 Å². The van der Waals surface area contributed by atoms with Crippen molar-refractivity contribution < 1.29 is 13.9 Å². The monoisotopic (exact) mass is 256 g/mol. The molecule has 0 aromatic heterocycles. The van der Waals surface area contributed by atoms with Crippen LogP contribution in [0.4, 0.5) is 8.78 Å². The van der Waals surface area contributed by atoms with Crippen LogP contribution in [-0.4, -0.2) is 5.11 Å². The van der Waals surface area contributed by atoms with Crippen molar-refractivity contribution in [1.82, 2.24) is 0 Å². The van der Waals surface area contributed by atoms with Crippen LogP contribution in [0.15, 0.2) is 24.3 Å². The lowest BCUT2D eigenvalue weighted by Gasteiger charge is -2.18. The summed E-state index contributed by atoms with van der Waals surface area (Å²) in [5.41, 5.74) is 0.562. The fourth-order valence-electron chi connectivity index (χ4n) is 2.32. The zero-order valence-corrected chi connectivity index (χ0v) is 11.2. The van der Waals surface area contributed by atoms with E-state index < -0.39 is 12.5 Å². The van der Waals surface area contributed by atoms with Gasteiger partial charge in [-0.1, -0.05) is 39.0 Å². The molecule has 0 fully saturated rings. The van der Waals surface area contributed by atoms with Crippen molar-refractivity contribution in [2.45, 2.75) is 46.1 Å². The van der Waals surface area contributed by atoms with Crippen molar-refractivity contribution in [3.8, 4) is 0 Å². The van der Waals surface area contributed by atoms with Crippen molar-refractivity contribution >= 4 is 0 Å². The molecule has 0 heterocycles. The molecule has 1 aromatic rings. The van der Waals surface area contributed by atoms with Gasteiger partial charge in [0.1, 0.15) is 0 Å². The molecule has 0 radical (unpaired) electrons. The summed E-state index contributed by atoms with van der Waals surface area (Å²) in [4.78, 5) is 0. The fourth-order valence-corrected chi connectivity index (χ4v) is 2.32. The van der Waals surface area contributed by atoms with Crippen molar-refractivity contribution in [2.75, 3.05) is 0 Å². The van der Waals surface area contributed by atoms with E-state index in [9.17, 15) is 13.9 Å². The molecule has 0 spiro atoms. The first-order valence-corrected chi connectivity index (χ1v) is 6.46. The smallest absolute Gasteiger partial charge is 0.263 e. The number of hydrogen-bond donors (Lipinski definition) is 1. The van der Waals surface area contributed by atoms with Gasteiger partial charge in [0.2, 0.25) is 0 Å². The third-order valence-corrected chi connectivity index (χ3v) is 3.05. The highest BCUT2D eigenvalue weighted by Crippen LogP contribution is 2.27. The number of hydrogen-bond acceptors (Lipinski definition) is 1.